The number of anilines is 1. The molecule has 1 aliphatic heterocycles. The average Bonchev–Trinajstić information content (AvgIpc) is 2.47. The first-order valence-electron chi connectivity index (χ1n) is 7.38. The van der Waals surface area contributed by atoms with Crippen molar-refractivity contribution in [3.8, 4) is 0 Å². The number of carbonyl (C=O) groups is 2. The molecule has 1 aromatic heterocycles. The number of nitrogens with one attached hydrogen (secondary N) is 3. The lowest BCUT2D eigenvalue weighted by atomic mass is 10.1. The monoisotopic (exact) mass is 290 g/mol. The van der Waals surface area contributed by atoms with Gasteiger partial charge in [-0.15, -0.1) is 0 Å². The van der Waals surface area contributed by atoms with Crippen LogP contribution in [0.4, 0.5) is 5.69 Å². The average molecular weight is 290 g/mol. The number of rotatable bonds is 5. The van der Waals surface area contributed by atoms with E-state index < -0.39 is 0 Å². The third-order valence-corrected chi connectivity index (χ3v) is 3.45. The van der Waals surface area contributed by atoms with Crippen LogP contribution in [-0.4, -0.2) is 35.9 Å². The summed E-state index contributed by atoms with van der Waals surface area (Å²) in [5, 5.41) is 8.98. The number of pyridine rings is 1. The molecule has 1 saturated heterocycles. The van der Waals surface area contributed by atoms with Gasteiger partial charge in [0, 0.05) is 37.4 Å². The van der Waals surface area contributed by atoms with Crippen molar-refractivity contribution in [3.05, 3.63) is 23.5 Å². The maximum atomic E-state index is 12.4. The molecule has 21 heavy (non-hydrogen) atoms. The smallest absolute Gasteiger partial charge is 0.255 e. The molecule has 0 spiro atoms. The van der Waals surface area contributed by atoms with Crippen LogP contribution in [0.1, 0.15) is 42.2 Å². The first-order chi connectivity index (χ1) is 10.1. The van der Waals surface area contributed by atoms with E-state index in [4.69, 9.17) is 0 Å². The van der Waals surface area contributed by atoms with E-state index in [1.54, 1.807) is 6.20 Å². The molecule has 3 N–H and O–H groups in total. The molecule has 0 aliphatic carbocycles. The van der Waals surface area contributed by atoms with Gasteiger partial charge in [-0.2, -0.15) is 0 Å². The van der Waals surface area contributed by atoms with E-state index in [2.05, 4.69) is 27.9 Å². The van der Waals surface area contributed by atoms with E-state index in [0.29, 0.717) is 24.9 Å². The number of piperidine rings is 1. The molecule has 0 aromatic carbocycles. The number of aromatic nitrogens is 1. The van der Waals surface area contributed by atoms with E-state index in [1.807, 2.05) is 13.0 Å². The number of amides is 2. The Morgan fingerprint density at radius 2 is 2.33 bits per heavy atom. The summed E-state index contributed by atoms with van der Waals surface area (Å²) in [5.74, 6) is -0.106. The molecule has 0 bridgehead atoms. The van der Waals surface area contributed by atoms with E-state index in [9.17, 15) is 9.59 Å². The van der Waals surface area contributed by atoms with Gasteiger partial charge in [-0.05, 0) is 25.8 Å². The Balaban J connectivity index is 2.05. The van der Waals surface area contributed by atoms with Gasteiger partial charge in [0.2, 0.25) is 5.91 Å². The molecule has 0 radical (unpaired) electrons. The van der Waals surface area contributed by atoms with Gasteiger partial charge in [0.05, 0.1) is 11.3 Å². The molecule has 2 amide bonds. The number of aryl methyl sites for hydroxylation is 1. The van der Waals surface area contributed by atoms with Crippen molar-refractivity contribution in [1.29, 1.82) is 0 Å². The number of hydrogen-bond acceptors (Lipinski definition) is 4. The van der Waals surface area contributed by atoms with Crippen LogP contribution in [-0.2, 0) is 4.79 Å². The predicted octanol–water partition coefficient (Wildman–Crippen LogP) is 1.22. The topological polar surface area (TPSA) is 83.1 Å². The molecule has 2 heterocycles. The van der Waals surface area contributed by atoms with Crippen LogP contribution < -0.4 is 16.0 Å². The number of nitrogens with zero attached hydrogens (tertiary/aromatic N) is 1. The first kappa shape index (κ1) is 15.3. The number of carbonyl (C=O) groups excluding carboxylic acids is 2. The van der Waals surface area contributed by atoms with Gasteiger partial charge in [0.25, 0.3) is 5.91 Å². The van der Waals surface area contributed by atoms with E-state index in [-0.39, 0.29) is 17.9 Å². The molecule has 1 aliphatic rings. The highest BCUT2D eigenvalue weighted by Crippen LogP contribution is 2.16. The highest BCUT2D eigenvalue weighted by atomic mass is 16.2. The Labute approximate surface area is 124 Å². The van der Waals surface area contributed by atoms with Crippen LogP contribution in [0.3, 0.4) is 0 Å². The Kier molecular flexibility index (Phi) is 5.14. The highest BCUT2D eigenvalue weighted by molar-refractivity contribution is 5.99. The molecule has 1 aromatic rings. The predicted molar refractivity (Wildman–Crippen MR) is 81.3 cm³/mol. The lowest BCUT2D eigenvalue weighted by molar-refractivity contribution is -0.122. The standard InChI is InChI=1S/C15H22N4O2/c1-3-6-16-13-7-10(2)17-9-12(13)15(21)19-11-4-5-14(20)18-8-11/h7,9,11H,3-6,8H2,1-2H3,(H,16,17)(H,18,20)(H,19,21). The van der Waals surface area contributed by atoms with Gasteiger partial charge in [-0.25, -0.2) is 0 Å². The van der Waals surface area contributed by atoms with Gasteiger partial charge in [-0.1, -0.05) is 6.92 Å². The highest BCUT2D eigenvalue weighted by Gasteiger charge is 2.21. The minimum absolute atomic E-state index is 0.0180. The summed E-state index contributed by atoms with van der Waals surface area (Å²) < 4.78 is 0. The van der Waals surface area contributed by atoms with Crippen LogP contribution in [0, 0.1) is 6.92 Å². The summed E-state index contributed by atoms with van der Waals surface area (Å²) in [6.45, 7) is 5.27. The Morgan fingerprint density at radius 1 is 1.52 bits per heavy atom. The summed E-state index contributed by atoms with van der Waals surface area (Å²) in [7, 11) is 0. The second kappa shape index (κ2) is 7.06. The van der Waals surface area contributed by atoms with E-state index >= 15 is 0 Å². The van der Waals surface area contributed by atoms with Crippen molar-refractivity contribution in [2.75, 3.05) is 18.4 Å². The summed E-state index contributed by atoms with van der Waals surface area (Å²) in [5.41, 5.74) is 2.22. The lowest BCUT2D eigenvalue weighted by Gasteiger charge is -2.24. The van der Waals surface area contributed by atoms with Crippen molar-refractivity contribution < 1.29 is 9.59 Å². The summed E-state index contributed by atoms with van der Waals surface area (Å²) in [6, 6.07) is 1.86. The van der Waals surface area contributed by atoms with Crippen LogP contribution in [0.2, 0.25) is 0 Å². The molecule has 6 nitrogen and oxygen atoms in total. The van der Waals surface area contributed by atoms with Crippen molar-refractivity contribution in [3.63, 3.8) is 0 Å². The Bertz CT molecular complexity index is 520. The van der Waals surface area contributed by atoms with Crippen molar-refractivity contribution in [2.45, 2.75) is 39.2 Å². The fourth-order valence-corrected chi connectivity index (χ4v) is 2.27. The van der Waals surface area contributed by atoms with Crippen molar-refractivity contribution >= 4 is 17.5 Å². The lowest BCUT2D eigenvalue weighted by Crippen LogP contribution is -2.47. The zero-order chi connectivity index (χ0) is 15.2. The van der Waals surface area contributed by atoms with Crippen LogP contribution in [0.15, 0.2) is 12.3 Å². The Hall–Kier alpha value is -2.11. The molecule has 2 rings (SSSR count). The van der Waals surface area contributed by atoms with Gasteiger partial charge in [0.1, 0.15) is 0 Å². The van der Waals surface area contributed by atoms with E-state index in [0.717, 1.165) is 24.3 Å². The SMILES string of the molecule is CCCNc1cc(C)ncc1C(=O)NC1CCC(=O)NC1. The largest absolute Gasteiger partial charge is 0.384 e. The third kappa shape index (κ3) is 4.18. The zero-order valence-electron chi connectivity index (χ0n) is 12.5. The van der Waals surface area contributed by atoms with E-state index in [1.165, 1.54) is 0 Å². The van der Waals surface area contributed by atoms with Crippen molar-refractivity contribution in [1.82, 2.24) is 15.6 Å². The molecular formula is C15H22N4O2. The van der Waals surface area contributed by atoms with Gasteiger partial charge >= 0.3 is 0 Å². The minimum Gasteiger partial charge on any atom is -0.384 e. The van der Waals surface area contributed by atoms with Gasteiger partial charge in [0.15, 0.2) is 0 Å². The molecule has 1 atom stereocenters. The maximum absolute atomic E-state index is 12.4. The second-order valence-electron chi connectivity index (χ2n) is 5.31. The molecule has 6 heteroatoms. The second-order valence-corrected chi connectivity index (χ2v) is 5.31. The number of hydrogen-bond donors (Lipinski definition) is 3. The van der Waals surface area contributed by atoms with Crippen LogP contribution in [0.5, 0.6) is 0 Å². The molecule has 1 unspecified atom stereocenters. The Morgan fingerprint density at radius 3 is 3.00 bits per heavy atom. The van der Waals surface area contributed by atoms with Gasteiger partial charge < -0.3 is 16.0 Å². The third-order valence-electron chi connectivity index (χ3n) is 3.45. The molecule has 0 saturated carbocycles. The normalized spacial score (nSPS) is 18.0. The quantitative estimate of drug-likeness (QED) is 0.761. The molecular weight excluding hydrogens is 268 g/mol. The van der Waals surface area contributed by atoms with Gasteiger partial charge in [-0.3, -0.25) is 14.6 Å². The molecule has 114 valence electrons. The first-order valence-corrected chi connectivity index (χ1v) is 7.38. The van der Waals surface area contributed by atoms with Crippen LogP contribution >= 0.6 is 0 Å². The van der Waals surface area contributed by atoms with Crippen LogP contribution in [0.25, 0.3) is 0 Å². The molecule has 1 fully saturated rings. The minimum atomic E-state index is -0.151. The fourth-order valence-electron chi connectivity index (χ4n) is 2.27. The summed E-state index contributed by atoms with van der Waals surface area (Å²) >= 11 is 0. The maximum Gasteiger partial charge on any atom is 0.255 e. The fraction of sp³-hybridized carbons (Fsp3) is 0.533. The summed E-state index contributed by atoms with van der Waals surface area (Å²) in [6.07, 6.45) is 3.72. The van der Waals surface area contributed by atoms with Crippen molar-refractivity contribution in [2.24, 2.45) is 0 Å². The summed E-state index contributed by atoms with van der Waals surface area (Å²) in [4.78, 5) is 27.7. The zero-order valence-corrected chi connectivity index (χ0v) is 12.5.